The molecule has 0 amide bonds. The lowest BCUT2D eigenvalue weighted by atomic mass is 9.63. The molecule has 42 heavy (non-hydrogen) atoms. The average Bonchev–Trinajstić information content (AvgIpc) is 3.86. The van der Waals surface area contributed by atoms with Crippen molar-refractivity contribution in [1.82, 2.24) is 4.98 Å². The first-order chi connectivity index (χ1) is 20.8. The molecule has 0 bridgehead atoms. The Kier molecular flexibility index (Phi) is 4.39. The van der Waals surface area contributed by atoms with Crippen LogP contribution in [0.1, 0.15) is 45.7 Å². The van der Waals surface area contributed by atoms with Gasteiger partial charge in [-0.05, 0) is 86.7 Å². The van der Waals surface area contributed by atoms with Gasteiger partial charge in [0.15, 0.2) is 0 Å². The number of ether oxygens (including phenoxy) is 1. The Hall–Kier alpha value is -4.89. The number of aromatic nitrogens is 1. The predicted octanol–water partition coefficient (Wildman–Crippen LogP) is 8.43. The van der Waals surface area contributed by atoms with Crippen LogP contribution in [0.2, 0.25) is 0 Å². The van der Waals surface area contributed by atoms with Gasteiger partial charge < -0.3 is 9.72 Å². The minimum absolute atomic E-state index is 0.109. The van der Waals surface area contributed by atoms with Gasteiger partial charge in [-0.25, -0.2) is 0 Å². The highest BCUT2D eigenvalue weighted by Gasteiger charge is 2.59. The number of H-pyrrole nitrogens is 1. The van der Waals surface area contributed by atoms with Gasteiger partial charge in [0.2, 0.25) is 0 Å². The standard InChI is InChI=1S/C39H28N2O/c1-4-10-32-26(7-1)28-14-13-23(38-25(16-18-41-38)24-15-17-40-22-24)19-34(28)39(32)33-11-5-2-8-27(33)30-21-37-31(20-35(30)39)29-9-3-6-12-36(29)42-37/h1-20,30,35,37,41H,21-22H2. The summed E-state index contributed by atoms with van der Waals surface area (Å²) in [6.07, 6.45) is 9.83. The molecular formula is C39H28N2O. The van der Waals surface area contributed by atoms with Gasteiger partial charge in [0.1, 0.15) is 11.9 Å². The summed E-state index contributed by atoms with van der Waals surface area (Å²) in [4.78, 5) is 8.04. The summed E-state index contributed by atoms with van der Waals surface area (Å²) in [6, 6.07) is 36.3. The van der Waals surface area contributed by atoms with Crippen molar-refractivity contribution in [3.05, 3.63) is 149 Å². The number of benzene rings is 4. The number of rotatable bonds is 2. The molecule has 5 aliphatic rings. The molecule has 3 heteroatoms. The molecule has 4 atom stereocenters. The Morgan fingerprint density at radius 2 is 1.57 bits per heavy atom. The summed E-state index contributed by atoms with van der Waals surface area (Å²) in [5, 5.41) is 0. The van der Waals surface area contributed by atoms with E-state index in [9.17, 15) is 0 Å². The lowest BCUT2D eigenvalue weighted by molar-refractivity contribution is 0.227. The topological polar surface area (TPSA) is 37.4 Å². The molecule has 3 heterocycles. The van der Waals surface area contributed by atoms with Crippen molar-refractivity contribution in [2.45, 2.75) is 23.9 Å². The van der Waals surface area contributed by atoms with E-state index in [1.807, 2.05) is 6.21 Å². The van der Waals surface area contributed by atoms with E-state index in [1.54, 1.807) is 0 Å². The van der Waals surface area contributed by atoms with Crippen molar-refractivity contribution < 1.29 is 4.74 Å². The maximum Gasteiger partial charge on any atom is 0.127 e. The SMILES string of the molecule is C1=NCC(c2cc[nH]c2-c2ccc3c(c2)C2(c4ccccc4-3)c3ccccc3C3CC4Oc5ccccc5C4=CC32)=C1. The summed E-state index contributed by atoms with van der Waals surface area (Å²) in [6.45, 7) is 0.737. The minimum atomic E-state index is -0.263. The van der Waals surface area contributed by atoms with Crippen molar-refractivity contribution in [2.75, 3.05) is 6.54 Å². The van der Waals surface area contributed by atoms with Crippen LogP contribution in [0.3, 0.4) is 0 Å². The quantitative estimate of drug-likeness (QED) is 0.240. The monoisotopic (exact) mass is 540 g/mol. The van der Waals surface area contributed by atoms with Crippen LogP contribution in [0.4, 0.5) is 0 Å². The predicted molar refractivity (Wildman–Crippen MR) is 169 cm³/mol. The fourth-order valence-corrected chi connectivity index (χ4v) is 8.88. The highest BCUT2D eigenvalue weighted by molar-refractivity contribution is 5.94. The van der Waals surface area contributed by atoms with Crippen molar-refractivity contribution in [1.29, 1.82) is 0 Å². The Balaban J connectivity index is 1.25. The molecule has 4 aromatic carbocycles. The molecule has 0 saturated carbocycles. The largest absolute Gasteiger partial charge is 0.485 e. The second kappa shape index (κ2) is 8.10. The first-order valence-electron chi connectivity index (χ1n) is 15.0. The summed E-state index contributed by atoms with van der Waals surface area (Å²) in [7, 11) is 0. The van der Waals surface area contributed by atoms with Gasteiger partial charge in [-0.2, -0.15) is 0 Å². The van der Waals surface area contributed by atoms with Gasteiger partial charge in [-0.1, -0.05) is 84.9 Å². The molecule has 1 spiro atoms. The van der Waals surface area contributed by atoms with Crippen LogP contribution in [0.25, 0.3) is 33.5 Å². The number of aromatic amines is 1. The smallest absolute Gasteiger partial charge is 0.127 e. The number of hydrogen-bond acceptors (Lipinski definition) is 2. The third-order valence-electron chi connectivity index (χ3n) is 10.5. The van der Waals surface area contributed by atoms with Crippen LogP contribution < -0.4 is 4.74 Å². The van der Waals surface area contributed by atoms with E-state index in [0.717, 1.165) is 18.7 Å². The Morgan fingerprint density at radius 3 is 2.48 bits per heavy atom. The Morgan fingerprint density at radius 1 is 0.762 bits per heavy atom. The highest BCUT2D eigenvalue weighted by Crippen LogP contribution is 2.67. The van der Waals surface area contributed by atoms with Crippen molar-refractivity contribution in [2.24, 2.45) is 10.9 Å². The average molecular weight is 541 g/mol. The maximum atomic E-state index is 6.57. The Bertz CT molecular complexity index is 2060. The molecule has 200 valence electrons. The van der Waals surface area contributed by atoms with Crippen LogP contribution in [-0.4, -0.2) is 23.8 Å². The lowest BCUT2D eigenvalue weighted by Crippen LogP contribution is -2.36. The third-order valence-corrected chi connectivity index (χ3v) is 10.5. The van der Waals surface area contributed by atoms with Gasteiger partial charge in [0.25, 0.3) is 0 Å². The molecule has 0 radical (unpaired) electrons. The zero-order chi connectivity index (χ0) is 27.4. The number of para-hydroxylation sites is 1. The van der Waals surface area contributed by atoms with Gasteiger partial charge >= 0.3 is 0 Å². The first-order valence-corrected chi connectivity index (χ1v) is 15.0. The minimum Gasteiger partial charge on any atom is -0.485 e. The van der Waals surface area contributed by atoms with Gasteiger partial charge in [0, 0.05) is 29.5 Å². The van der Waals surface area contributed by atoms with Gasteiger partial charge in [0.05, 0.1) is 17.7 Å². The normalized spacial score (nSPS) is 25.2. The maximum absolute atomic E-state index is 6.57. The highest BCUT2D eigenvalue weighted by atomic mass is 16.5. The number of allylic oxidation sites excluding steroid dienone is 2. The fraction of sp³-hybridized carbons (Fsp3) is 0.154. The van der Waals surface area contributed by atoms with Crippen LogP contribution in [-0.2, 0) is 5.41 Å². The molecule has 1 aromatic heterocycles. The van der Waals surface area contributed by atoms with Crippen molar-refractivity contribution in [3.63, 3.8) is 0 Å². The third kappa shape index (κ3) is 2.74. The van der Waals surface area contributed by atoms with E-state index in [2.05, 4.69) is 125 Å². The molecule has 0 saturated heterocycles. The molecule has 2 aliphatic heterocycles. The molecule has 0 fully saturated rings. The van der Waals surface area contributed by atoms with Crippen LogP contribution in [0, 0.1) is 5.92 Å². The molecule has 10 rings (SSSR count). The molecule has 1 N–H and O–H groups in total. The van der Waals surface area contributed by atoms with E-state index in [1.165, 1.54) is 66.9 Å². The van der Waals surface area contributed by atoms with Gasteiger partial charge in [-0.15, -0.1) is 0 Å². The fourth-order valence-electron chi connectivity index (χ4n) is 8.88. The number of fused-ring (bicyclic) bond motifs is 13. The second-order valence-electron chi connectivity index (χ2n) is 12.2. The molecule has 3 aliphatic carbocycles. The van der Waals surface area contributed by atoms with Crippen LogP contribution >= 0.6 is 0 Å². The zero-order valence-electron chi connectivity index (χ0n) is 23.0. The number of hydrogen-bond donors (Lipinski definition) is 1. The summed E-state index contributed by atoms with van der Waals surface area (Å²) >= 11 is 0. The van der Waals surface area contributed by atoms with Crippen molar-refractivity contribution in [3.8, 4) is 28.1 Å². The molecular weight excluding hydrogens is 512 g/mol. The van der Waals surface area contributed by atoms with Gasteiger partial charge in [-0.3, -0.25) is 4.99 Å². The lowest BCUT2D eigenvalue weighted by Gasteiger charge is -2.39. The summed E-state index contributed by atoms with van der Waals surface area (Å²) in [5.74, 6) is 1.70. The van der Waals surface area contributed by atoms with E-state index in [-0.39, 0.29) is 11.5 Å². The number of aliphatic imine (C=N–C) groups is 1. The molecule has 4 unspecified atom stereocenters. The van der Waals surface area contributed by atoms with Crippen LogP contribution in [0.15, 0.2) is 120 Å². The number of nitrogens with one attached hydrogen (secondary N) is 1. The second-order valence-corrected chi connectivity index (χ2v) is 12.2. The van der Waals surface area contributed by atoms with E-state index in [4.69, 9.17) is 4.74 Å². The Labute approximate surface area is 244 Å². The molecule has 5 aromatic rings. The van der Waals surface area contributed by atoms with Crippen LogP contribution in [0.5, 0.6) is 5.75 Å². The summed E-state index contributed by atoms with van der Waals surface area (Å²) < 4.78 is 6.57. The zero-order valence-corrected chi connectivity index (χ0v) is 23.0. The number of nitrogens with zero attached hydrogens (tertiary/aromatic N) is 1. The van der Waals surface area contributed by atoms with E-state index >= 15 is 0 Å². The van der Waals surface area contributed by atoms with E-state index in [0.29, 0.717) is 11.8 Å². The summed E-state index contributed by atoms with van der Waals surface area (Å²) in [5.41, 5.74) is 15.7. The van der Waals surface area contributed by atoms with E-state index < -0.39 is 0 Å². The first kappa shape index (κ1) is 22.8. The van der Waals surface area contributed by atoms with Crippen molar-refractivity contribution >= 4 is 17.4 Å². The molecule has 3 nitrogen and oxygen atoms in total.